The Bertz CT molecular complexity index is 1050. The number of oxime groups is 1. The third-order valence-electron chi connectivity index (χ3n) is 4.78. The Morgan fingerprint density at radius 3 is 2.88 bits per heavy atom. The van der Waals surface area contributed by atoms with Crippen LogP contribution in [0.4, 0.5) is 4.79 Å². The Morgan fingerprint density at radius 2 is 2.16 bits per heavy atom. The van der Waals surface area contributed by atoms with Gasteiger partial charge in [-0.05, 0) is 51.8 Å². The van der Waals surface area contributed by atoms with Crippen molar-refractivity contribution in [1.82, 2.24) is 14.9 Å². The molecule has 2 heterocycles. The average Bonchev–Trinajstić information content (AvgIpc) is 3.24. The van der Waals surface area contributed by atoms with E-state index in [1.54, 1.807) is 29.2 Å². The number of carbonyl (C=O) groups is 1. The third kappa shape index (κ3) is 5.88. The summed E-state index contributed by atoms with van der Waals surface area (Å²) < 4.78 is 5.51. The number of hydrogen-bond acceptors (Lipinski definition) is 8. The smallest absolute Gasteiger partial charge is 0.410 e. The van der Waals surface area contributed by atoms with Crippen LogP contribution in [0.3, 0.4) is 0 Å². The summed E-state index contributed by atoms with van der Waals surface area (Å²) in [5.74, 6) is 0.177. The van der Waals surface area contributed by atoms with E-state index in [4.69, 9.17) is 14.8 Å². The number of nitriles is 1. The van der Waals surface area contributed by atoms with Gasteiger partial charge in [0.15, 0.2) is 0 Å². The van der Waals surface area contributed by atoms with Crippen LogP contribution in [-0.4, -0.2) is 58.3 Å². The highest BCUT2D eigenvalue weighted by Crippen LogP contribution is 2.22. The first kappa shape index (κ1) is 22.9. The average molecular weight is 435 g/mol. The number of benzene rings is 1. The molecule has 1 aliphatic heterocycles. The molecule has 0 bridgehead atoms. The molecule has 0 saturated carbocycles. The maximum atomic E-state index is 12.5. The SMILES string of the molecule is C=NO/C(=N\CC1CCCN1C(=O)OC(C)(C)C)c1cc(-c2cccc(C#N)c2)ncn1. The fourth-order valence-corrected chi connectivity index (χ4v) is 3.37. The molecule has 9 heteroatoms. The Kier molecular flexibility index (Phi) is 7.15. The summed E-state index contributed by atoms with van der Waals surface area (Å²) in [6.07, 6.45) is 2.74. The largest absolute Gasteiger partial charge is 0.444 e. The van der Waals surface area contributed by atoms with E-state index in [2.05, 4.69) is 32.9 Å². The highest BCUT2D eigenvalue weighted by Gasteiger charge is 2.32. The highest BCUT2D eigenvalue weighted by molar-refractivity contribution is 5.93. The van der Waals surface area contributed by atoms with E-state index in [1.807, 2.05) is 26.8 Å². The minimum atomic E-state index is -0.561. The highest BCUT2D eigenvalue weighted by atomic mass is 16.6. The van der Waals surface area contributed by atoms with Crippen LogP contribution in [-0.2, 0) is 9.57 Å². The molecule has 3 rings (SSSR count). The molecule has 1 saturated heterocycles. The zero-order valence-corrected chi connectivity index (χ0v) is 18.5. The molecule has 1 atom stereocenters. The van der Waals surface area contributed by atoms with E-state index < -0.39 is 5.60 Å². The zero-order chi connectivity index (χ0) is 23.1. The standard InChI is InChI=1S/C23H26N6O3/c1-23(2,3)31-22(30)29-10-6-9-18(29)14-26-21(32-25-4)20-12-19(27-15-28-20)17-8-5-7-16(11-17)13-24/h5,7-8,11-12,15,18H,4,6,9-10,14H2,1-3H3/b26-21-. The Hall–Kier alpha value is -3.80. The van der Waals surface area contributed by atoms with Crippen molar-refractivity contribution in [3.05, 3.63) is 47.9 Å². The Labute approximate surface area is 187 Å². The molecule has 1 unspecified atom stereocenters. The number of hydrogen-bond donors (Lipinski definition) is 0. The quantitative estimate of drug-likeness (QED) is 0.402. The van der Waals surface area contributed by atoms with Gasteiger partial charge >= 0.3 is 6.09 Å². The van der Waals surface area contributed by atoms with Gasteiger partial charge in [0.05, 0.1) is 29.9 Å². The van der Waals surface area contributed by atoms with Gasteiger partial charge in [0.1, 0.15) is 17.6 Å². The number of carbonyl (C=O) groups excluding carboxylic acids is 1. The summed E-state index contributed by atoms with van der Waals surface area (Å²) in [5, 5.41) is 12.6. The van der Waals surface area contributed by atoms with E-state index in [1.165, 1.54) is 6.33 Å². The van der Waals surface area contributed by atoms with Crippen LogP contribution in [0.25, 0.3) is 11.3 Å². The Morgan fingerprint density at radius 1 is 1.34 bits per heavy atom. The van der Waals surface area contributed by atoms with Crippen LogP contribution in [0.15, 0.2) is 46.8 Å². The fraction of sp³-hybridized carbons (Fsp3) is 0.391. The molecule has 32 heavy (non-hydrogen) atoms. The fourth-order valence-electron chi connectivity index (χ4n) is 3.37. The molecule has 2 aromatic rings. The second kappa shape index (κ2) is 10.0. The van der Waals surface area contributed by atoms with E-state index in [0.717, 1.165) is 18.4 Å². The molecule has 0 radical (unpaired) electrons. The van der Waals surface area contributed by atoms with Gasteiger partial charge in [0.25, 0.3) is 5.90 Å². The summed E-state index contributed by atoms with van der Waals surface area (Å²) in [5.41, 5.74) is 1.78. The molecule has 1 aromatic heterocycles. The van der Waals surface area contributed by atoms with Gasteiger partial charge in [-0.25, -0.2) is 19.8 Å². The van der Waals surface area contributed by atoms with E-state index >= 15 is 0 Å². The number of rotatable bonds is 5. The lowest BCUT2D eigenvalue weighted by Crippen LogP contribution is -2.41. The van der Waals surface area contributed by atoms with Gasteiger partial charge in [-0.1, -0.05) is 17.3 Å². The first-order chi connectivity index (χ1) is 15.3. The minimum absolute atomic E-state index is 0.109. The number of aliphatic imine (C=N–C) groups is 1. The number of likely N-dealkylation sites (tertiary alicyclic amines) is 1. The number of amides is 1. The molecular weight excluding hydrogens is 408 g/mol. The van der Waals surface area contributed by atoms with Gasteiger partial charge in [-0.15, -0.1) is 0 Å². The molecular formula is C23H26N6O3. The predicted molar refractivity (Wildman–Crippen MR) is 120 cm³/mol. The molecule has 166 valence electrons. The van der Waals surface area contributed by atoms with Crippen molar-refractivity contribution in [3.63, 3.8) is 0 Å². The molecule has 1 aliphatic rings. The number of aromatic nitrogens is 2. The van der Waals surface area contributed by atoms with Crippen molar-refractivity contribution in [3.8, 4) is 17.3 Å². The molecule has 1 aromatic carbocycles. The predicted octanol–water partition coefficient (Wildman–Crippen LogP) is 3.79. The van der Waals surface area contributed by atoms with Crippen molar-refractivity contribution < 1.29 is 14.4 Å². The maximum Gasteiger partial charge on any atom is 0.410 e. The van der Waals surface area contributed by atoms with Gasteiger partial charge < -0.3 is 14.5 Å². The third-order valence-corrected chi connectivity index (χ3v) is 4.78. The minimum Gasteiger partial charge on any atom is -0.444 e. The summed E-state index contributed by atoms with van der Waals surface area (Å²) >= 11 is 0. The monoisotopic (exact) mass is 434 g/mol. The second-order valence-corrected chi connectivity index (χ2v) is 8.32. The van der Waals surface area contributed by atoms with Crippen LogP contribution >= 0.6 is 0 Å². The lowest BCUT2D eigenvalue weighted by atomic mass is 10.1. The topological polar surface area (TPSA) is 113 Å². The molecule has 9 nitrogen and oxygen atoms in total. The summed E-state index contributed by atoms with van der Waals surface area (Å²) in [6, 6.07) is 10.8. The summed E-state index contributed by atoms with van der Waals surface area (Å²) in [7, 11) is 0. The van der Waals surface area contributed by atoms with Crippen LogP contribution in [0, 0.1) is 11.3 Å². The first-order valence-corrected chi connectivity index (χ1v) is 10.3. The van der Waals surface area contributed by atoms with Crippen LogP contribution in [0.5, 0.6) is 0 Å². The van der Waals surface area contributed by atoms with Crippen LogP contribution in [0.1, 0.15) is 44.9 Å². The summed E-state index contributed by atoms with van der Waals surface area (Å²) in [6.45, 7) is 9.84. The van der Waals surface area contributed by atoms with Gasteiger partial charge in [-0.2, -0.15) is 5.26 Å². The number of nitrogens with zero attached hydrogens (tertiary/aromatic N) is 6. The lowest BCUT2D eigenvalue weighted by Gasteiger charge is -2.27. The van der Waals surface area contributed by atoms with Crippen molar-refractivity contribution in [2.45, 2.75) is 45.3 Å². The molecule has 0 aliphatic carbocycles. The van der Waals surface area contributed by atoms with Crippen molar-refractivity contribution in [2.24, 2.45) is 10.1 Å². The van der Waals surface area contributed by atoms with E-state index in [9.17, 15) is 4.79 Å². The van der Waals surface area contributed by atoms with Crippen molar-refractivity contribution >= 4 is 18.7 Å². The first-order valence-electron chi connectivity index (χ1n) is 10.3. The van der Waals surface area contributed by atoms with Gasteiger partial charge in [0, 0.05) is 18.8 Å². The lowest BCUT2D eigenvalue weighted by molar-refractivity contribution is 0.0232. The van der Waals surface area contributed by atoms with Crippen molar-refractivity contribution in [2.75, 3.05) is 13.1 Å². The molecule has 1 amide bonds. The van der Waals surface area contributed by atoms with Crippen molar-refractivity contribution in [1.29, 1.82) is 5.26 Å². The molecule has 1 fully saturated rings. The zero-order valence-electron chi connectivity index (χ0n) is 18.5. The number of ether oxygens (including phenoxy) is 1. The van der Waals surface area contributed by atoms with Crippen LogP contribution < -0.4 is 0 Å². The second-order valence-electron chi connectivity index (χ2n) is 8.32. The maximum absolute atomic E-state index is 12.5. The Balaban J connectivity index is 1.81. The molecule has 0 N–H and O–H groups in total. The van der Waals surface area contributed by atoms with E-state index in [-0.39, 0.29) is 18.0 Å². The summed E-state index contributed by atoms with van der Waals surface area (Å²) in [4.78, 5) is 32.6. The normalized spacial score (nSPS) is 16.4. The molecule has 0 spiro atoms. The van der Waals surface area contributed by atoms with Crippen LogP contribution in [0.2, 0.25) is 0 Å². The van der Waals surface area contributed by atoms with Gasteiger partial charge in [0.2, 0.25) is 0 Å². The van der Waals surface area contributed by atoms with Gasteiger partial charge in [-0.3, -0.25) is 0 Å². The van der Waals surface area contributed by atoms with E-state index in [0.29, 0.717) is 30.0 Å².